The molecule has 0 aliphatic rings. The van der Waals surface area contributed by atoms with E-state index in [0.717, 1.165) is 5.75 Å². The molecule has 3 N–H and O–H groups in total. The van der Waals surface area contributed by atoms with Crippen molar-refractivity contribution in [3.63, 3.8) is 0 Å². The monoisotopic (exact) mass is 283 g/mol. The maximum absolute atomic E-state index is 11.1. The number of carboxylic acids is 2. The number of aromatic carboxylic acids is 1. The minimum atomic E-state index is -1.01. The number of hydrogen-bond acceptors (Lipinski definition) is 4. The number of thioether (sulfide) groups is 1. The lowest BCUT2D eigenvalue weighted by Gasteiger charge is -2.14. The summed E-state index contributed by atoms with van der Waals surface area (Å²) in [7, 11) is 0. The van der Waals surface area contributed by atoms with Gasteiger partial charge < -0.3 is 15.5 Å². The molecule has 0 heterocycles. The summed E-state index contributed by atoms with van der Waals surface area (Å²) in [5.74, 6) is -1.18. The third-order valence-corrected chi connectivity index (χ3v) is 3.34. The predicted octanol–water partition coefficient (Wildman–Crippen LogP) is 1.68. The SMILES string of the molecule is CSCC[C@@H](NCc1ccccc1C(=O)O)C(=O)O. The smallest absolute Gasteiger partial charge is 0.336 e. The molecule has 0 amide bonds. The van der Waals surface area contributed by atoms with Crippen LogP contribution in [0.1, 0.15) is 22.3 Å². The van der Waals surface area contributed by atoms with Gasteiger partial charge in [-0.15, -0.1) is 0 Å². The Morgan fingerprint density at radius 3 is 2.58 bits per heavy atom. The van der Waals surface area contributed by atoms with Crippen LogP contribution in [0.3, 0.4) is 0 Å². The fourth-order valence-electron chi connectivity index (χ4n) is 1.66. The molecule has 0 aliphatic heterocycles. The number of benzene rings is 1. The summed E-state index contributed by atoms with van der Waals surface area (Å²) in [6, 6.07) is 5.92. The summed E-state index contributed by atoms with van der Waals surface area (Å²) in [5, 5.41) is 21.0. The Balaban J connectivity index is 2.68. The average Bonchev–Trinajstić information content (AvgIpc) is 2.38. The highest BCUT2D eigenvalue weighted by Gasteiger charge is 2.17. The highest BCUT2D eigenvalue weighted by molar-refractivity contribution is 7.98. The van der Waals surface area contributed by atoms with Crippen LogP contribution in [-0.4, -0.2) is 40.2 Å². The van der Waals surface area contributed by atoms with E-state index in [9.17, 15) is 9.59 Å². The number of hydrogen-bond donors (Lipinski definition) is 3. The van der Waals surface area contributed by atoms with Crippen molar-refractivity contribution < 1.29 is 19.8 Å². The molecule has 0 aromatic heterocycles. The molecule has 1 aromatic rings. The van der Waals surface area contributed by atoms with Crippen molar-refractivity contribution in [2.45, 2.75) is 19.0 Å². The van der Waals surface area contributed by atoms with E-state index in [1.54, 1.807) is 30.0 Å². The van der Waals surface area contributed by atoms with Crippen molar-refractivity contribution in [2.24, 2.45) is 0 Å². The van der Waals surface area contributed by atoms with Crippen LogP contribution in [0.25, 0.3) is 0 Å². The van der Waals surface area contributed by atoms with E-state index < -0.39 is 18.0 Å². The molecule has 0 spiro atoms. The molecule has 0 unspecified atom stereocenters. The quantitative estimate of drug-likeness (QED) is 0.673. The molecule has 1 aromatic carbocycles. The number of nitrogens with one attached hydrogen (secondary N) is 1. The van der Waals surface area contributed by atoms with Crippen LogP contribution >= 0.6 is 11.8 Å². The second-order valence-electron chi connectivity index (χ2n) is 4.02. The second-order valence-corrected chi connectivity index (χ2v) is 5.00. The van der Waals surface area contributed by atoms with Crippen molar-refractivity contribution >= 4 is 23.7 Å². The van der Waals surface area contributed by atoms with E-state index in [4.69, 9.17) is 10.2 Å². The topological polar surface area (TPSA) is 86.6 Å². The minimum absolute atomic E-state index is 0.198. The van der Waals surface area contributed by atoms with E-state index in [-0.39, 0.29) is 12.1 Å². The first kappa shape index (κ1) is 15.5. The zero-order valence-corrected chi connectivity index (χ0v) is 11.4. The largest absolute Gasteiger partial charge is 0.480 e. The first-order valence-corrected chi connectivity index (χ1v) is 7.22. The first-order valence-electron chi connectivity index (χ1n) is 5.82. The molecule has 1 atom stereocenters. The normalized spacial score (nSPS) is 12.1. The van der Waals surface area contributed by atoms with E-state index in [1.165, 1.54) is 6.07 Å². The summed E-state index contributed by atoms with van der Waals surface area (Å²) in [5.41, 5.74) is 0.786. The third-order valence-electron chi connectivity index (χ3n) is 2.70. The zero-order chi connectivity index (χ0) is 14.3. The Labute approximate surface area is 116 Å². The fourth-order valence-corrected chi connectivity index (χ4v) is 2.14. The van der Waals surface area contributed by atoms with E-state index >= 15 is 0 Å². The summed E-state index contributed by atoms with van der Waals surface area (Å²) >= 11 is 1.58. The van der Waals surface area contributed by atoms with Gasteiger partial charge in [0.2, 0.25) is 0 Å². The van der Waals surface area contributed by atoms with Crippen molar-refractivity contribution in [1.82, 2.24) is 5.32 Å². The lowest BCUT2D eigenvalue weighted by molar-refractivity contribution is -0.139. The van der Waals surface area contributed by atoms with Crippen LogP contribution in [0.15, 0.2) is 24.3 Å². The van der Waals surface area contributed by atoms with Gasteiger partial charge in [0.05, 0.1) is 5.56 Å². The van der Waals surface area contributed by atoms with Crippen LogP contribution in [0, 0.1) is 0 Å². The maximum atomic E-state index is 11.1. The Hall–Kier alpha value is -1.53. The molecule has 0 saturated heterocycles. The second kappa shape index (κ2) is 7.81. The Morgan fingerprint density at radius 1 is 1.32 bits per heavy atom. The lowest BCUT2D eigenvalue weighted by Crippen LogP contribution is -2.37. The summed E-state index contributed by atoms with van der Waals surface area (Å²) in [6.45, 7) is 0.230. The summed E-state index contributed by atoms with van der Waals surface area (Å²) in [4.78, 5) is 22.1. The maximum Gasteiger partial charge on any atom is 0.336 e. The standard InChI is InChI=1S/C13H17NO4S/c1-19-7-6-11(13(17)18)14-8-9-4-2-3-5-10(9)12(15)16/h2-5,11,14H,6-8H2,1H3,(H,15,16)(H,17,18)/t11-/m1/s1. The number of aliphatic carboxylic acids is 1. The van der Waals surface area contributed by atoms with Gasteiger partial charge in [0.25, 0.3) is 0 Å². The molecule has 19 heavy (non-hydrogen) atoms. The summed E-state index contributed by atoms with van der Waals surface area (Å²) < 4.78 is 0. The zero-order valence-electron chi connectivity index (χ0n) is 10.6. The first-order chi connectivity index (χ1) is 9.06. The highest BCUT2D eigenvalue weighted by Crippen LogP contribution is 2.09. The number of carbonyl (C=O) groups is 2. The van der Waals surface area contributed by atoms with Crippen molar-refractivity contribution in [2.75, 3.05) is 12.0 Å². The van der Waals surface area contributed by atoms with Gasteiger partial charge in [0.15, 0.2) is 0 Å². The van der Waals surface area contributed by atoms with Gasteiger partial charge in [-0.05, 0) is 30.1 Å². The van der Waals surface area contributed by atoms with Crippen LogP contribution in [0.5, 0.6) is 0 Å². The Morgan fingerprint density at radius 2 is 2.00 bits per heavy atom. The number of rotatable bonds is 8. The molecule has 5 nitrogen and oxygen atoms in total. The molecule has 0 aliphatic carbocycles. The molecule has 0 bridgehead atoms. The van der Waals surface area contributed by atoms with Crippen LogP contribution < -0.4 is 5.32 Å². The molecular weight excluding hydrogens is 266 g/mol. The molecule has 6 heteroatoms. The van der Waals surface area contributed by atoms with E-state index in [1.807, 2.05) is 6.26 Å². The van der Waals surface area contributed by atoms with Crippen molar-refractivity contribution in [3.05, 3.63) is 35.4 Å². The van der Waals surface area contributed by atoms with E-state index in [2.05, 4.69) is 5.32 Å². The van der Waals surface area contributed by atoms with E-state index in [0.29, 0.717) is 12.0 Å². The van der Waals surface area contributed by atoms with Gasteiger partial charge in [-0.1, -0.05) is 18.2 Å². The van der Waals surface area contributed by atoms with Gasteiger partial charge >= 0.3 is 11.9 Å². The average molecular weight is 283 g/mol. The molecule has 1 rings (SSSR count). The van der Waals surface area contributed by atoms with Gasteiger partial charge in [0.1, 0.15) is 6.04 Å². The molecule has 0 radical (unpaired) electrons. The fraction of sp³-hybridized carbons (Fsp3) is 0.385. The van der Waals surface area contributed by atoms with Gasteiger partial charge in [0, 0.05) is 6.54 Å². The predicted molar refractivity (Wildman–Crippen MR) is 74.7 cm³/mol. The summed E-state index contributed by atoms with van der Waals surface area (Å²) in [6.07, 6.45) is 2.42. The van der Waals surface area contributed by atoms with Gasteiger partial charge in [-0.2, -0.15) is 11.8 Å². The van der Waals surface area contributed by atoms with Crippen LogP contribution in [-0.2, 0) is 11.3 Å². The molecular formula is C13H17NO4S. The molecule has 104 valence electrons. The van der Waals surface area contributed by atoms with Crippen molar-refractivity contribution in [1.29, 1.82) is 0 Å². The highest BCUT2D eigenvalue weighted by atomic mass is 32.2. The van der Waals surface area contributed by atoms with Crippen LogP contribution in [0.4, 0.5) is 0 Å². The minimum Gasteiger partial charge on any atom is -0.480 e. The van der Waals surface area contributed by atoms with Crippen molar-refractivity contribution in [3.8, 4) is 0 Å². The Kier molecular flexibility index (Phi) is 6.38. The Bertz CT molecular complexity index is 450. The molecule has 0 saturated carbocycles. The lowest BCUT2D eigenvalue weighted by atomic mass is 10.1. The number of carboxylic acid groups (broad SMARTS) is 2. The third kappa shape index (κ3) is 4.92. The van der Waals surface area contributed by atoms with Crippen LogP contribution in [0.2, 0.25) is 0 Å². The molecule has 0 fully saturated rings. The van der Waals surface area contributed by atoms with Gasteiger partial charge in [-0.3, -0.25) is 4.79 Å². The van der Waals surface area contributed by atoms with Gasteiger partial charge in [-0.25, -0.2) is 4.79 Å².